The second kappa shape index (κ2) is 18.5. The molecule has 0 saturated heterocycles. The summed E-state index contributed by atoms with van der Waals surface area (Å²) in [6.07, 6.45) is 13.2. The van der Waals surface area contributed by atoms with E-state index in [1.54, 1.807) is 14.2 Å². The molecular weight excluding hydrogens is 653 g/mol. The zero-order chi connectivity index (χ0) is 34.4. The van der Waals surface area contributed by atoms with Gasteiger partial charge < -0.3 is 9.47 Å². The fourth-order valence-electron chi connectivity index (χ4n) is 5.83. The highest BCUT2D eigenvalue weighted by Gasteiger charge is 2.10. The van der Waals surface area contributed by atoms with Gasteiger partial charge in [-0.1, -0.05) is 48.5 Å². The minimum Gasteiger partial charge on any atom is -0.497 e. The third-order valence-corrected chi connectivity index (χ3v) is 11.1. The van der Waals surface area contributed by atoms with Crippen molar-refractivity contribution >= 4 is 23.5 Å². The normalized spacial score (nSPS) is 11.0. The summed E-state index contributed by atoms with van der Waals surface area (Å²) in [4.78, 5) is 0. The molecule has 0 bridgehead atoms. The van der Waals surface area contributed by atoms with Crippen LogP contribution in [0, 0.1) is 0 Å². The Balaban J connectivity index is 0.924. The SMILES string of the molecule is COc1ccc(CSCCCc2ccc(-[n+]3ccc(-c4cc[n+](-c5ccc(CCCSCc6ccc(OC)cc6)cc5)cc4)cc3)cc2)cc1. The summed E-state index contributed by atoms with van der Waals surface area (Å²) in [5, 5.41) is 0. The maximum atomic E-state index is 5.25. The van der Waals surface area contributed by atoms with Gasteiger partial charge in [-0.15, -0.1) is 0 Å². The smallest absolute Gasteiger partial charge is 0.210 e. The molecule has 0 aliphatic rings. The van der Waals surface area contributed by atoms with Gasteiger partial charge in [-0.05, 0) is 94.8 Å². The number of hydrogen-bond donors (Lipinski definition) is 0. The Labute approximate surface area is 306 Å². The quantitative estimate of drug-likeness (QED) is 0.0700. The van der Waals surface area contributed by atoms with Crippen molar-refractivity contribution in [3.63, 3.8) is 0 Å². The second-order valence-corrected chi connectivity index (χ2v) is 14.5. The van der Waals surface area contributed by atoms with E-state index in [1.807, 2.05) is 47.8 Å². The maximum absolute atomic E-state index is 5.25. The molecule has 0 saturated carbocycles. The number of ether oxygens (including phenoxy) is 2. The van der Waals surface area contributed by atoms with Crippen molar-refractivity contribution in [1.29, 1.82) is 0 Å². The Hall–Kier alpha value is -4.52. The first kappa shape index (κ1) is 35.3. The Morgan fingerprint density at radius 1 is 0.420 bits per heavy atom. The van der Waals surface area contributed by atoms with Crippen LogP contribution in [0.15, 0.2) is 146 Å². The van der Waals surface area contributed by atoms with Crippen LogP contribution in [0.5, 0.6) is 11.5 Å². The Morgan fingerprint density at radius 3 is 1.10 bits per heavy atom. The van der Waals surface area contributed by atoms with E-state index in [9.17, 15) is 0 Å². The van der Waals surface area contributed by atoms with E-state index in [0.717, 1.165) is 47.4 Å². The molecule has 6 rings (SSSR count). The maximum Gasteiger partial charge on any atom is 0.210 e. The van der Waals surface area contributed by atoms with Crippen molar-refractivity contribution < 1.29 is 18.6 Å². The number of aromatic nitrogens is 2. The van der Waals surface area contributed by atoms with Gasteiger partial charge in [0, 0.05) is 60.0 Å². The van der Waals surface area contributed by atoms with E-state index >= 15 is 0 Å². The van der Waals surface area contributed by atoms with Crippen LogP contribution in [-0.2, 0) is 24.3 Å². The molecule has 0 unspecified atom stereocenters. The van der Waals surface area contributed by atoms with Crippen LogP contribution in [0.3, 0.4) is 0 Å². The van der Waals surface area contributed by atoms with E-state index in [0.29, 0.717) is 0 Å². The summed E-state index contributed by atoms with van der Waals surface area (Å²) >= 11 is 3.99. The summed E-state index contributed by atoms with van der Waals surface area (Å²) in [5.41, 5.74) is 10.2. The topological polar surface area (TPSA) is 26.2 Å². The summed E-state index contributed by atoms with van der Waals surface area (Å²) in [7, 11) is 3.42. The molecule has 4 nitrogen and oxygen atoms in total. The Morgan fingerprint density at radius 2 is 0.760 bits per heavy atom. The average molecular weight is 699 g/mol. The zero-order valence-corrected chi connectivity index (χ0v) is 30.7. The highest BCUT2D eigenvalue weighted by Crippen LogP contribution is 2.21. The van der Waals surface area contributed by atoms with Gasteiger partial charge in [0.2, 0.25) is 11.4 Å². The molecule has 0 fully saturated rings. The molecular formula is C44H46N2O2S2+2. The van der Waals surface area contributed by atoms with Crippen LogP contribution in [0.25, 0.3) is 22.5 Å². The summed E-state index contributed by atoms with van der Waals surface area (Å²) in [6.45, 7) is 0. The molecule has 6 aromatic rings. The number of benzene rings is 4. The third kappa shape index (κ3) is 10.3. The molecule has 254 valence electrons. The monoisotopic (exact) mass is 698 g/mol. The van der Waals surface area contributed by atoms with Gasteiger partial charge in [-0.2, -0.15) is 32.7 Å². The van der Waals surface area contributed by atoms with Crippen molar-refractivity contribution in [1.82, 2.24) is 0 Å². The van der Waals surface area contributed by atoms with Gasteiger partial charge in [-0.25, -0.2) is 0 Å². The lowest BCUT2D eigenvalue weighted by atomic mass is 10.1. The molecule has 0 radical (unpaired) electrons. The van der Waals surface area contributed by atoms with Gasteiger partial charge in [0.1, 0.15) is 11.5 Å². The van der Waals surface area contributed by atoms with Gasteiger partial charge >= 0.3 is 0 Å². The van der Waals surface area contributed by atoms with Crippen molar-refractivity contribution in [2.75, 3.05) is 25.7 Å². The van der Waals surface area contributed by atoms with E-state index in [2.05, 4.69) is 131 Å². The van der Waals surface area contributed by atoms with Crippen LogP contribution in [-0.4, -0.2) is 25.7 Å². The summed E-state index contributed by atoms with van der Waals surface area (Å²) in [6, 6.07) is 43.5. The summed E-state index contributed by atoms with van der Waals surface area (Å²) in [5.74, 6) is 6.22. The Bertz CT molecular complexity index is 1730. The van der Waals surface area contributed by atoms with E-state index in [-0.39, 0.29) is 0 Å². The van der Waals surface area contributed by atoms with Gasteiger partial charge in [0.15, 0.2) is 24.8 Å². The summed E-state index contributed by atoms with van der Waals surface area (Å²) < 4.78 is 14.9. The molecule has 0 spiro atoms. The molecule has 0 aliphatic carbocycles. The standard InChI is InChI=1S/C44H46N2O2S2/c1-47-43-19-11-37(12-20-43)33-49-31-3-5-35-7-15-41(16-8-35)45-27-23-39(24-28-45)40-25-29-46(30-26-40)42-17-9-36(10-18-42)6-4-32-50-34-38-13-21-44(48-2)22-14-38/h7-30H,3-6,31-34H2,1-2H3/q+2. The van der Waals surface area contributed by atoms with Crippen LogP contribution in [0.4, 0.5) is 0 Å². The first-order chi connectivity index (χ1) is 24.7. The fourth-order valence-corrected chi connectivity index (χ4v) is 7.67. The molecule has 0 N–H and O–H groups in total. The lowest BCUT2D eigenvalue weighted by molar-refractivity contribution is -0.596. The van der Waals surface area contributed by atoms with E-state index in [1.165, 1.54) is 57.6 Å². The first-order valence-corrected chi connectivity index (χ1v) is 19.6. The molecule has 2 heterocycles. The number of aryl methyl sites for hydroxylation is 2. The highest BCUT2D eigenvalue weighted by atomic mass is 32.2. The predicted molar refractivity (Wildman–Crippen MR) is 210 cm³/mol. The highest BCUT2D eigenvalue weighted by molar-refractivity contribution is 7.98. The Kier molecular flexibility index (Phi) is 13.0. The number of pyridine rings is 2. The lowest BCUT2D eigenvalue weighted by Gasteiger charge is -2.05. The van der Waals surface area contributed by atoms with Crippen molar-refractivity contribution in [3.05, 3.63) is 168 Å². The van der Waals surface area contributed by atoms with Crippen LogP contribution in [0.2, 0.25) is 0 Å². The molecule has 0 atom stereocenters. The minimum atomic E-state index is 0.914. The lowest BCUT2D eigenvalue weighted by Crippen LogP contribution is -2.29. The first-order valence-electron chi connectivity index (χ1n) is 17.3. The molecule has 0 amide bonds. The average Bonchev–Trinajstić information content (AvgIpc) is 3.19. The molecule has 0 aliphatic heterocycles. The van der Waals surface area contributed by atoms with Gasteiger partial charge in [0.25, 0.3) is 0 Å². The van der Waals surface area contributed by atoms with Gasteiger partial charge in [-0.3, -0.25) is 0 Å². The number of nitrogens with zero attached hydrogens (tertiary/aromatic N) is 2. The molecule has 6 heteroatoms. The van der Waals surface area contributed by atoms with Crippen molar-refractivity contribution in [2.24, 2.45) is 0 Å². The largest absolute Gasteiger partial charge is 0.497 e. The molecule has 2 aromatic heterocycles. The van der Waals surface area contributed by atoms with Crippen LogP contribution in [0.1, 0.15) is 35.1 Å². The minimum absolute atomic E-state index is 0.914. The number of hydrogen-bond acceptors (Lipinski definition) is 4. The van der Waals surface area contributed by atoms with Crippen molar-refractivity contribution in [3.8, 4) is 34.0 Å². The van der Waals surface area contributed by atoms with E-state index < -0.39 is 0 Å². The number of rotatable bonds is 17. The predicted octanol–water partition coefficient (Wildman–Crippen LogP) is 9.66. The number of thioether (sulfide) groups is 2. The third-order valence-electron chi connectivity index (χ3n) is 8.82. The second-order valence-electron chi connectivity index (χ2n) is 12.3. The molecule has 50 heavy (non-hydrogen) atoms. The van der Waals surface area contributed by atoms with Crippen LogP contribution < -0.4 is 18.6 Å². The van der Waals surface area contributed by atoms with E-state index in [4.69, 9.17) is 9.47 Å². The zero-order valence-electron chi connectivity index (χ0n) is 29.0. The van der Waals surface area contributed by atoms with Gasteiger partial charge in [0.05, 0.1) is 14.2 Å². The number of methoxy groups -OCH3 is 2. The fraction of sp³-hybridized carbons (Fsp3) is 0.227. The van der Waals surface area contributed by atoms with Crippen molar-refractivity contribution in [2.45, 2.75) is 37.2 Å². The van der Waals surface area contributed by atoms with Crippen LogP contribution >= 0.6 is 23.5 Å². The molecule has 4 aromatic carbocycles.